The SMILES string of the molecule is CNc1nc(OCC=O)cc(C(F)(F)F)c1C(=N)C(C)(C)C. The third-order valence-electron chi connectivity index (χ3n) is 2.84. The van der Waals surface area contributed by atoms with Gasteiger partial charge in [0.2, 0.25) is 5.88 Å². The Kier molecular flexibility index (Phi) is 5.16. The average molecular weight is 317 g/mol. The van der Waals surface area contributed by atoms with Crippen LogP contribution in [0.25, 0.3) is 0 Å². The number of rotatable bonds is 5. The monoisotopic (exact) mass is 317 g/mol. The fraction of sp³-hybridized carbons (Fsp3) is 0.500. The first-order valence-corrected chi connectivity index (χ1v) is 6.48. The van der Waals surface area contributed by atoms with Crippen molar-refractivity contribution in [1.82, 2.24) is 4.98 Å². The average Bonchev–Trinajstić information content (AvgIpc) is 2.41. The van der Waals surface area contributed by atoms with E-state index in [0.29, 0.717) is 12.4 Å². The number of hydrogen-bond donors (Lipinski definition) is 2. The van der Waals surface area contributed by atoms with E-state index in [4.69, 9.17) is 10.1 Å². The highest BCUT2D eigenvalue weighted by molar-refractivity contribution is 6.07. The number of pyridine rings is 1. The Hall–Kier alpha value is -2.12. The van der Waals surface area contributed by atoms with Crippen LogP contribution in [0.4, 0.5) is 19.0 Å². The normalized spacial score (nSPS) is 12.0. The molecule has 1 aromatic rings. The minimum absolute atomic E-state index is 0.115. The number of carbonyl (C=O) groups excluding carboxylic acids is 1. The highest BCUT2D eigenvalue weighted by Gasteiger charge is 2.39. The van der Waals surface area contributed by atoms with Crippen LogP contribution < -0.4 is 10.1 Å². The molecule has 0 fully saturated rings. The molecule has 8 heteroatoms. The number of nitrogens with zero attached hydrogens (tertiary/aromatic N) is 1. The van der Waals surface area contributed by atoms with Crippen LogP contribution in [0, 0.1) is 10.8 Å². The predicted octanol–water partition coefficient (Wildman–Crippen LogP) is 3.13. The minimum atomic E-state index is -4.68. The van der Waals surface area contributed by atoms with Crippen molar-refractivity contribution in [3.8, 4) is 5.88 Å². The van der Waals surface area contributed by atoms with Crippen LogP contribution in [0.5, 0.6) is 5.88 Å². The molecular weight excluding hydrogens is 299 g/mol. The number of nitrogens with one attached hydrogen (secondary N) is 2. The van der Waals surface area contributed by atoms with Gasteiger partial charge in [0.15, 0.2) is 6.29 Å². The van der Waals surface area contributed by atoms with E-state index in [0.717, 1.165) is 0 Å². The number of aromatic nitrogens is 1. The Bertz CT molecular complexity index is 578. The first-order valence-electron chi connectivity index (χ1n) is 6.48. The summed E-state index contributed by atoms with van der Waals surface area (Å²) in [6.07, 6.45) is -4.26. The number of aldehydes is 1. The van der Waals surface area contributed by atoms with Crippen LogP contribution in [0.15, 0.2) is 6.07 Å². The molecule has 122 valence electrons. The summed E-state index contributed by atoms with van der Waals surface area (Å²) in [5, 5.41) is 10.6. The van der Waals surface area contributed by atoms with Gasteiger partial charge in [0.1, 0.15) is 12.4 Å². The van der Waals surface area contributed by atoms with Gasteiger partial charge < -0.3 is 15.5 Å². The molecule has 0 saturated carbocycles. The molecule has 1 heterocycles. The molecule has 1 aromatic heterocycles. The number of ether oxygens (including phenoxy) is 1. The molecule has 2 N–H and O–H groups in total. The van der Waals surface area contributed by atoms with Gasteiger partial charge >= 0.3 is 6.18 Å². The predicted molar refractivity (Wildman–Crippen MR) is 76.6 cm³/mol. The Morgan fingerprint density at radius 2 is 2.00 bits per heavy atom. The number of halogens is 3. The number of hydrogen-bond acceptors (Lipinski definition) is 5. The Morgan fingerprint density at radius 3 is 2.41 bits per heavy atom. The van der Waals surface area contributed by atoms with Crippen LogP contribution in [0.2, 0.25) is 0 Å². The zero-order valence-corrected chi connectivity index (χ0v) is 12.8. The Morgan fingerprint density at radius 1 is 1.41 bits per heavy atom. The van der Waals surface area contributed by atoms with Gasteiger partial charge in [0.25, 0.3) is 0 Å². The summed E-state index contributed by atoms with van der Waals surface area (Å²) in [5.74, 6) is -0.440. The van der Waals surface area contributed by atoms with Gasteiger partial charge in [-0.05, 0) is 0 Å². The van der Waals surface area contributed by atoms with Crippen molar-refractivity contribution in [1.29, 1.82) is 5.41 Å². The van der Waals surface area contributed by atoms with E-state index in [2.05, 4.69) is 10.3 Å². The van der Waals surface area contributed by atoms with Crippen LogP contribution in [0.1, 0.15) is 31.9 Å². The summed E-state index contributed by atoms with van der Waals surface area (Å²) in [4.78, 5) is 14.2. The largest absolute Gasteiger partial charge is 0.470 e. The summed E-state index contributed by atoms with van der Waals surface area (Å²) in [6.45, 7) is 4.53. The van der Waals surface area contributed by atoms with Crippen LogP contribution in [-0.4, -0.2) is 30.6 Å². The summed E-state index contributed by atoms with van der Waals surface area (Å²) >= 11 is 0. The van der Waals surface area contributed by atoms with Crippen molar-refractivity contribution < 1.29 is 22.7 Å². The van der Waals surface area contributed by atoms with E-state index >= 15 is 0 Å². The molecule has 0 aromatic carbocycles. The van der Waals surface area contributed by atoms with Crippen molar-refractivity contribution in [3.05, 3.63) is 17.2 Å². The van der Waals surface area contributed by atoms with Crippen LogP contribution in [-0.2, 0) is 11.0 Å². The van der Waals surface area contributed by atoms with E-state index in [1.165, 1.54) is 7.05 Å². The molecule has 0 spiro atoms. The van der Waals surface area contributed by atoms with E-state index in [-0.39, 0.29) is 23.0 Å². The summed E-state index contributed by atoms with van der Waals surface area (Å²) in [6, 6.07) is 0.708. The van der Waals surface area contributed by atoms with E-state index in [9.17, 15) is 18.0 Å². The molecule has 0 amide bonds. The fourth-order valence-electron chi connectivity index (χ4n) is 1.75. The molecule has 0 aliphatic rings. The molecule has 22 heavy (non-hydrogen) atoms. The molecule has 0 unspecified atom stereocenters. The van der Waals surface area contributed by atoms with Crippen molar-refractivity contribution in [2.75, 3.05) is 19.0 Å². The minimum Gasteiger partial charge on any atom is -0.470 e. The maximum absolute atomic E-state index is 13.3. The topological polar surface area (TPSA) is 75.1 Å². The summed E-state index contributed by atoms with van der Waals surface area (Å²) < 4.78 is 44.9. The van der Waals surface area contributed by atoms with Crippen molar-refractivity contribution in [2.24, 2.45) is 5.41 Å². The lowest BCUT2D eigenvalue weighted by Gasteiger charge is -2.25. The van der Waals surface area contributed by atoms with Crippen molar-refractivity contribution in [2.45, 2.75) is 26.9 Å². The summed E-state index contributed by atoms with van der Waals surface area (Å²) in [7, 11) is 1.41. The van der Waals surface area contributed by atoms with Crippen LogP contribution in [0.3, 0.4) is 0 Å². The van der Waals surface area contributed by atoms with E-state index < -0.39 is 23.8 Å². The molecule has 1 rings (SSSR count). The number of anilines is 1. The smallest absolute Gasteiger partial charge is 0.417 e. The number of alkyl halides is 3. The maximum Gasteiger partial charge on any atom is 0.417 e. The lowest BCUT2D eigenvalue weighted by molar-refractivity contribution is -0.137. The lowest BCUT2D eigenvalue weighted by atomic mass is 9.84. The van der Waals surface area contributed by atoms with Gasteiger partial charge in [-0.2, -0.15) is 18.2 Å². The van der Waals surface area contributed by atoms with Gasteiger partial charge in [0.05, 0.1) is 11.1 Å². The molecule has 0 radical (unpaired) electrons. The lowest BCUT2D eigenvalue weighted by Crippen LogP contribution is -2.26. The van der Waals surface area contributed by atoms with Gasteiger partial charge in [0, 0.05) is 24.2 Å². The second-order valence-electron chi connectivity index (χ2n) is 5.58. The van der Waals surface area contributed by atoms with Crippen molar-refractivity contribution in [3.63, 3.8) is 0 Å². The van der Waals surface area contributed by atoms with Crippen LogP contribution >= 0.6 is 0 Å². The third-order valence-corrected chi connectivity index (χ3v) is 2.84. The fourth-order valence-corrected chi connectivity index (χ4v) is 1.75. The number of carbonyl (C=O) groups is 1. The van der Waals surface area contributed by atoms with E-state index in [1.807, 2.05) is 0 Å². The van der Waals surface area contributed by atoms with E-state index in [1.54, 1.807) is 20.8 Å². The van der Waals surface area contributed by atoms with Gasteiger partial charge in [-0.15, -0.1) is 0 Å². The molecule has 0 atom stereocenters. The van der Waals surface area contributed by atoms with Gasteiger partial charge in [-0.3, -0.25) is 4.79 Å². The second kappa shape index (κ2) is 6.33. The van der Waals surface area contributed by atoms with Gasteiger partial charge in [-0.1, -0.05) is 20.8 Å². The Balaban J connectivity index is 3.59. The molecule has 5 nitrogen and oxygen atoms in total. The highest BCUT2D eigenvalue weighted by Crippen LogP contribution is 2.39. The first-order chi connectivity index (χ1) is 10.0. The highest BCUT2D eigenvalue weighted by atomic mass is 19.4. The Labute approximate surface area is 126 Å². The quantitative estimate of drug-likeness (QED) is 0.646. The van der Waals surface area contributed by atoms with Crippen molar-refractivity contribution >= 4 is 17.8 Å². The third kappa shape index (κ3) is 3.96. The second-order valence-corrected chi connectivity index (χ2v) is 5.58. The zero-order valence-electron chi connectivity index (χ0n) is 12.8. The summed E-state index contributed by atoms with van der Waals surface area (Å²) in [5.41, 5.74) is -2.33. The molecule has 0 aliphatic heterocycles. The van der Waals surface area contributed by atoms with Gasteiger partial charge in [-0.25, -0.2) is 0 Å². The molecule has 0 saturated heterocycles. The maximum atomic E-state index is 13.3. The molecule has 0 bridgehead atoms. The molecule has 0 aliphatic carbocycles. The first kappa shape index (κ1) is 17.9. The standard InChI is InChI=1S/C14H18F3N3O2/c1-13(2,3)11(18)10-8(14(15,16)17)7-9(22-6-5-21)20-12(10)19-4/h5,7,18H,6H2,1-4H3,(H,19,20). The molecular formula is C14H18F3N3O2. The zero-order chi connectivity index (χ0) is 17.1.